The number of amides is 1. The van der Waals surface area contributed by atoms with Crippen molar-refractivity contribution in [2.45, 2.75) is 60.1 Å². The zero-order valence-electron chi connectivity index (χ0n) is 17.5. The van der Waals surface area contributed by atoms with Gasteiger partial charge in [0.1, 0.15) is 12.6 Å². The molecule has 2 aromatic carbocycles. The minimum absolute atomic E-state index is 0.0281. The largest absolute Gasteiger partial charge is 0.459 e. The van der Waals surface area contributed by atoms with E-state index < -0.39 is 6.04 Å². The van der Waals surface area contributed by atoms with E-state index in [4.69, 9.17) is 4.74 Å². The van der Waals surface area contributed by atoms with Crippen LogP contribution in [0.3, 0.4) is 0 Å². The van der Waals surface area contributed by atoms with Gasteiger partial charge < -0.3 is 10.1 Å². The van der Waals surface area contributed by atoms with Crippen molar-refractivity contribution < 1.29 is 14.3 Å². The third-order valence-corrected chi connectivity index (χ3v) is 5.30. The Morgan fingerprint density at radius 1 is 0.964 bits per heavy atom. The van der Waals surface area contributed by atoms with E-state index in [0.29, 0.717) is 5.56 Å². The Balaban J connectivity index is 2.14. The van der Waals surface area contributed by atoms with E-state index in [1.807, 2.05) is 45.9 Å². The van der Waals surface area contributed by atoms with Gasteiger partial charge in [0, 0.05) is 5.56 Å². The van der Waals surface area contributed by atoms with Gasteiger partial charge >= 0.3 is 5.97 Å². The van der Waals surface area contributed by atoms with Gasteiger partial charge in [-0.25, -0.2) is 4.79 Å². The summed E-state index contributed by atoms with van der Waals surface area (Å²) >= 11 is 0. The molecule has 0 aliphatic heterocycles. The summed E-state index contributed by atoms with van der Waals surface area (Å²) in [6, 6.07) is 12.5. The van der Waals surface area contributed by atoms with Gasteiger partial charge in [0.15, 0.2) is 0 Å². The van der Waals surface area contributed by atoms with Crippen molar-refractivity contribution in [1.29, 1.82) is 0 Å². The van der Waals surface area contributed by atoms with E-state index in [2.05, 4.69) is 24.4 Å². The number of esters is 1. The molecule has 1 N–H and O–H groups in total. The van der Waals surface area contributed by atoms with Crippen LogP contribution in [0.4, 0.5) is 0 Å². The number of carbonyl (C=O) groups is 2. The highest BCUT2D eigenvalue weighted by Crippen LogP contribution is 2.20. The lowest BCUT2D eigenvalue weighted by Crippen LogP contribution is -2.46. The minimum Gasteiger partial charge on any atom is -0.459 e. The number of hydrogen-bond acceptors (Lipinski definition) is 3. The normalized spacial score (nSPS) is 11.9. The number of hydrogen-bond donors (Lipinski definition) is 1. The van der Waals surface area contributed by atoms with Crippen molar-refractivity contribution in [3.8, 4) is 0 Å². The van der Waals surface area contributed by atoms with Crippen molar-refractivity contribution in [2.24, 2.45) is 5.92 Å². The second kappa shape index (κ2) is 10.1. The second-order valence-electron chi connectivity index (χ2n) is 7.38. The third kappa shape index (κ3) is 5.44. The molecule has 0 aliphatic carbocycles. The van der Waals surface area contributed by atoms with Crippen molar-refractivity contribution in [1.82, 2.24) is 5.32 Å². The van der Waals surface area contributed by atoms with Crippen LogP contribution < -0.4 is 5.32 Å². The molecule has 4 heteroatoms. The number of ether oxygens (including phenoxy) is 1. The summed E-state index contributed by atoms with van der Waals surface area (Å²) in [5.74, 6) is -0.602. The number of carbonyl (C=O) groups excluding carboxylic acids is 2. The van der Waals surface area contributed by atoms with Gasteiger partial charge in [0.25, 0.3) is 5.91 Å². The lowest BCUT2D eigenvalue weighted by atomic mass is 9.93. The summed E-state index contributed by atoms with van der Waals surface area (Å²) in [7, 11) is 0. The molecule has 0 heterocycles. The van der Waals surface area contributed by atoms with Gasteiger partial charge in [-0.15, -0.1) is 0 Å². The zero-order chi connectivity index (χ0) is 20.7. The highest BCUT2D eigenvalue weighted by molar-refractivity contribution is 5.96. The molecule has 28 heavy (non-hydrogen) atoms. The molecule has 0 unspecified atom stereocenters. The van der Waals surface area contributed by atoms with Crippen LogP contribution >= 0.6 is 0 Å². The number of rotatable bonds is 8. The molecule has 0 saturated carbocycles. The average molecular weight is 382 g/mol. The predicted molar refractivity (Wildman–Crippen MR) is 112 cm³/mol. The maximum absolute atomic E-state index is 12.9. The molecule has 4 nitrogen and oxygen atoms in total. The van der Waals surface area contributed by atoms with E-state index in [-0.39, 0.29) is 24.4 Å². The Bertz CT molecular complexity index is 787. The first-order valence-corrected chi connectivity index (χ1v) is 9.96. The molecule has 1 atom stereocenters. The van der Waals surface area contributed by atoms with Crippen molar-refractivity contribution in [3.05, 3.63) is 70.3 Å². The fourth-order valence-corrected chi connectivity index (χ4v) is 3.61. The quantitative estimate of drug-likeness (QED) is 0.662. The van der Waals surface area contributed by atoms with Crippen LogP contribution in [-0.2, 0) is 16.1 Å². The summed E-state index contributed by atoms with van der Waals surface area (Å²) in [4.78, 5) is 25.5. The Morgan fingerprint density at radius 3 is 2.07 bits per heavy atom. The molecule has 0 aliphatic rings. The van der Waals surface area contributed by atoms with Gasteiger partial charge in [-0.2, -0.15) is 0 Å². The molecule has 1 amide bonds. The van der Waals surface area contributed by atoms with Gasteiger partial charge in [-0.1, -0.05) is 62.6 Å². The molecule has 2 rings (SSSR count). The van der Waals surface area contributed by atoms with E-state index in [0.717, 1.165) is 29.5 Å². The molecular weight excluding hydrogens is 350 g/mol. The monoisotopic (exact) mass is 381 g/mol. The average Bonchev–Trinajstić information content (AvgIpc) is 2.67. The van der Waals surface area contributed by atoms with Crippen molar-refractivity contribution in [3.63, 3.8) is 0 Å². The van der Waals surface area contributed by atoms with Gasteiger partial charge in [0.05, 0.1) is 0 Å². The van der Waals surface area contributed by atoms with E-state index in [1.54, 1.807) is 12.1 Å². The smallest absolute Gasteiger partial charge is 0.329 e. The molecular formula is C24H31NO3. The van der Waals surface area contributed by atoms with E-state index in [9.17, 15) is 9.59 Å². The molecule has 150 valence electrons. The third-order valence-electron chi connectivity index (χ3n) is 5.30. The minimum atomic E-state index is -0.659. The van der Waals surface area contributed by atoms with Crippen LogP contribution in [0, 0.1) is 26.7 Å². The first-order valence-electron chi connectivity index (χ1n) is 9.96. The molecule has 0 aromatic heterocycles. The molecule has 0 fully saturated rings. The lowest BCUT2D eigenvalue weighted by Gasteiger charge is -2.25. The lowest BCUT2D eigenvalue weighted by molar-refractivity contribution is -0.149. The van der Waals surface area contributed by atoms with Crippen LogP contribution in [0.5, 0.6) is 0 Å². The Morgan fingerprint density at radius 2 is 1.54 bits per heavy atom. The van der Waals surface area contributed by atoms with Crippen LogP contribution in [0.15, 0.2) is 42.5 Å². The first kappa shape index (κ1) is 21.7. The summed E-state index contributed by atoms with van der Waals surface area (Å²) in [6.45, 7) is 10.4. The summed E-state index contributed by atoms with van der Waals surface area (Å²) in [6.07, 6.45) is 1.57. The van der Waals surface area contributed by atoms with Gasteiger partial charge in [0.2, 0.25) is 0 Å². The fraction of sp³-hybridized carbons (Fsp3) is 0.417. The Hall–Kier alpha value is -2.62. The van der Waals surface area contributed by atoms with Gasteiger partial charge in [-0.3, -0.25) is 4.79 Å². The van der Waals surface area contributed by atoms with Crippen LogP contribution in [0.25, 0.3) is 0 Å². The Kier molecular flexibility index (Phi) is 7.80. The maximum atomic E-state index is 12.9. The van der Waals surface area contributed by atoms with Crippen molar-refractivity contribution in [2.75, 3.05) is 0 Å². The molecule has 0 radical (unpaired) electrons. The Labute approximate surface area is 168 Å². The molecule has 0 saturated heterocycles. The van der Waals surface area contributed by atoms with Crippen LogP contribution in [-0.4, -0.2) is 17.9 Å². The zero-order valence-corrected chi connectivity index (χ0v) is 17.5. The number of benzene rings is 2. The highest BCUT2D eigenvalue weighted by atomic mass is 16.5. The second-order valence-corrected chi connectivity index (χ2v) is 7.38. The fourth-order valence-electron chi connectivity index (χ4n) is 3.61. The van der Waals surface area contributed by atoms with Crippen LogP contribution in [0.2, 0.25) is 0 Å². The summed E-state index contributed by atoms with van der Waals surface area (Å²) < 4.78 is 5.66. The van der Waals surface area contributed by atoms with Gasteiger partial charge in [-0.05, 0) is 55.5 Å². The molecule has 2 aromatic rings. The van der Waals surface area contributed by atoms with E-state index in [1.165, 1.54) is 5.56 Å². The SMILES string of the molecule is CCC(CC)[C@H](NC(=O)c1ccccc1)C(=O)OCc1c(C)cc(C)cc1C. The summed E-state index contributed by atoms with van der Waals surface area (Å²) in [5.41, 5.74) is 4.97. The highest BCUT2D eigenvalue weighted by Gasteiger charge is 2.29. The standard InChI is InChI=1S/C24H31NO3/c1-6-19(7-2)22(25-23(26)20-11-9-8-10-12-20)24(27)28-15-21-17(4)13-16(3)14-18(21)5/h8-14,19,22H,6-7,15H2,1-5H3,(H,25,26)/t22-/m0/s1. The number of nitrogens with one attached hydrogen (secondary N) is 1. The summed E-state index contributed by atoms with van der Waals surface area (Å²) in [5, 5.41) is 2.90. The van der Waals surface area contributed by atoms with Crippen molar-refractivity contribution >= 4 is 11.9 Å². The first-order chi connectivity index (χ1) is 13.4. The van der Waals surface area contributed by atoms with E-state index >= 15 is 0 Å². The predicted octanol–water partition coefficient (Wildman–Crippen LogP) is 4.89. The van der Waals surface area contributed by atoms with Crippen LogP contribution in [0.1, 0.15) is 59.3 Å². The molecule has 0 bridgehead atoms. The topological polar surface area (TPSA) is 55.4 Å². The molecule has 0 spiro atoms. The maximum Gasteiger partial charge on any atom is 0.329 e. The number of aryl methyl sites for hydroxylation is 3.